The molecule has 0 aliphatic carbocycles. The summed E-state index contributed by atoms with van der Waals surface area (Å²) in [5, 5.41) is 5.04. The van der Waals surface area contributed by atoms with Crippen LogP contribution in [0.4, 0.5) is 5.69 Å². The Bertz CT molecular complexity index is 926. The first-order chi connectivity index (χ1) is 14.0. The largest absolute Gasteiger partial charge is 0.454 e. The lowest BCUT2D eigenvalue weighted by Crippen LogP contribution is -2.35. The maximum atomic E-state index is 12.2. The van der Waals surface area contributed by atoms with E-state index in [-0.39, 0.29) is 13.3 Å². The second-order valence-electron chi connectivity index (χ2n) is 6.15. The molecule has 3 rings (SSSR count). The maximum absolute atomic E-state index is 12.2. The SMILES string of the molecule is C[C@@H](OC(=O)CNC(=O)/C=C/c1ccccc1)C(=O)Nc1ccc2c(c1)OCO2. The normalized spacial score (nSPS) is 13.0. The van der Waals surface area contributed by atoms with Crippen molar-refractivity contribution in [2.75, 3.05) is 18.7 Å². The van der Waals surface area contributed by atoms with Crippen LogP contribution in [-0.4, -0.2) is 37.2 Å². The van der Waals surface area contributed by atoms with Crippen molar-refractivity contribution in [3.63, 3.8) is 0 Å². The summed E-state index contributed by atoms with van der Waals surface area (Å²) in [5.41, 5.74) is 1.35. The van der Waals surface area contributed by atoms with Gasteiger partial charge in [0, 0.05) is 17.8 Å². The number of ether oxygens (including phenoxy) is 3. The highest BCUT2D eigenvalue weighted by Crippen LogP contribution is 2.34. The summed E-state index contributed by atoms with van der Waals surface area (Å²) in [4.78, 5) is 35.8. The molecule has 1 atom stereocenters. The topological polar surface area (TPSA) is 103 Å². The van der Waals surface area contributed by atoms with Gasteiger partial charge in [-0.05, 0) is 30.7 Å². The van der Waals surface area contributed by atoms with E-state index < -0.39 is 23.9 Å². The average Bonchev–Trinajstić information content (AvgIpc) is 3.19. The molecule has 0 aromatic heterocycles. The van der Waals surface area contributed by atoms with E-state index in [1.54, 1.807) is 24.3 Å². The van der Waals surface area contributed by atoms with Crippen LogP contribution in [0.2, 0.25) is 0 Å². The third-order valence-electron chi connectivity index (χ3n) is 3.95. The molecule has 0 fully saturated rings. The van der Waals surface area contributed by atoms with E-state index in [0.29, 0.717) is 17.2 Å². The van der Waals surface area contributed by atoms with Gasteiger partial charge >= 0.3 is 5.97 Å². The molecule has 1 aliphatic heterocycles. The van der Waals surface area contributed by atoms with Gasteiger partial charge < -0.3 is 24.8 Å². The summed E-state index contributed by atoms with van der Waals surface area (Å²) >= 11 is 0. The van der Waals surface area contributed by atoms with E-state index in [1.807, 2.05) is 30.3 Å². The van der Waals surface area contributed by atoms with E-state index in [4.69, 9.17) is 14.2 Å². The quantitative estimate of drug-likeness (QED) is 0.549. The Morgan fingerprint density at radius 1 is 1.10 bits per heavy atom. The number of anilines is 1. The molecule has 0 unspecified atom stereocenters. The lowest BCUT2D eigenvalue weighted by atomic mass is 10.2. The molecule has 0 radical (unpaired) electrons. The van der Waals surface area contributed by atoms with E-state index in [2.05, 4.69) is 10.6 Å². The van der Waals surface area contributed by atoms with Gasteiger partial charge in [0.1, 0.15) is 6.54 Å². The minimum absolute atomic E-state index is 0.132. The molecule has 0 spiro atoms. The highest BCUT2D eigenvalue weighted by molar-refractivity contribution is 5.96. The minimum atomic E-state index is -1.04. The van der Waals surface area contributed by atoms with Gasteiger partial charge in [0.05, 0.1) is 0 Å². The molecule has 2 amide bonds. The van der Waals surface area contributed by atoms with Gasteiger partial charge in [-0.1, -0.05) is 30.3 Å². The van der Waals surface area contributed by atoms with Crippen LogP contribution in [0.1, 0.15) is 12.5 Å². The Labute approximate surface area is 167 Å². The van der Waals surface area contributed by atoms with Crippen LogP contribution in [0.5, 0.6) is 11.5 Å². The summed E-state index contributed by atoms with van der Waals surface area (Å²) < 4.78 is 15.5. The molecule has 2 aromatic carbocycles. The number of esters is 1. The summed E-state index contributed by atoms with van der Waals surface area (Å²) in [7, 11) is 0. The van der Waals surface area contributed by atoms with E-state index >= 15 is 0 Å². The summed E-state index contributed by atoms with van der Waals surface area (Å²) in [6, 6.07) is 14.2. The van der Waals surface area contributed by atoms with Crippen molar-refractivity contribution in [3.05, 3.63) is 60.2 Å². The van der Waals surface area contributed by atoms with Crippen LogP contribution in [-0.2, 0) is 19.1 Å². The van der Waals surface area contributed by atoms with Gasteiger partial charge in [0.25, 0.3) is 5.91 Å². The van der Waals surface area contributed by atoms with Crippen molar-refractivity contribution in [3.8, 4) is 11.5 Å². The number of fused-ring (bicyclic) bond motifs is 1. The van der Waals surface area contributed by atoms with Crippen molar-refractivity contribution in [2.24, 2.45) is 0 Å². The van der Waals surface area contributed by atoms with Crippen molar-refractivity contribution in [1.82, 2.24) is 5.32 Å². The van der Waals surface area contributed by atoms with E-state index in [1.165, 1.54) is 13.0 Å². The molecule has 2 N–H and O–H groups in total. The van der Waals surface area contributed by atoms with Crippen LogP contribution < -0.4 is 20.1 Å². The van der Waals surface area contributed by atoms with Gasteiger partial charge in [-0.3, -0.25) is 14.4 Å². The van der Waals surface area contributed by atoms with Crippen LogP contribution >= 0.6 is 0 Å². The van der Waals surface area contributed by atoms with Gasteiger partial charge in [-0.25, -0.2) is 0 Å². The van der Waals surface area contributed by atoms with Crippen molar-refractivity contribution < 1.29 is 28.6 Å². The lowest BCUT2D eigenvalue weighted by Gasteiger charge is -2.14. The predicted molar refractivity (Wildman–Crippen MR) is 105 cm³/mol. The van der Waals surface area contributed by atoms with Crippen molar-refractivity contribution in [1.29, 1.82) is 0 Å². The lowest BCUT2D eigenvalue weighted by molar-refractivity contribution is -0.152. The fraction of sp³-hybridized carbons (Fsp3) is 0.190. The number of hydrogen-bond acceptors (Lipinski definition) is 6. The number of amides is 2. The third kappa shape index (κ3) is 5.83. The van der Waals surface area contributed by atoms with E-state index in [9.17, 15) is 14.4 Å². The first kappa shape index (κ1) is 19.9. The molecule has 1 aliphatic rings. The monoisotopic (exact) mass is 396 g/mol. The second-order valence-corrected chi connectivity index (χ2v) is 6.15. The molecule has 0 bridgehead atoms. The molecule has 8 nitrogen and oxygen atoms in total. The standard InChI is InChI=1S/C21H20N2O6/c1-14(21(26)23-16-8-9-17-18(11-16)28-13-27-17)29-20(25)12-22-19(24)10-7-15-5-3-2-4-6-15/h2-11,14H,12-13H2,1H3,(H,22,24)(H,23,26)/b10-7+/t14-/m1/s1. The summed E-state index contributed by atoms with van der Waals surface area (Å²) in [5.74, 6) is -0.547. The number of benzene rings is 2. The van der Waals surface area contributed by atoms with Gasteiger partial charge in [-0.2, -0.15) is 0 Å². The molecular formula is C21H20N2O6. The Morgan fingerprint density at radius 3 is 2.66 bits per heavy atom. The first-order valence-corrected chi connectivity index (χ1v) is 8.92. The Hall–Kier alpha value is -3.81. The summed E-state index contributed by atoms with van der Waals surface area (Å²) in [6.45, 7) is 1.23. The highest BCUT2D eigenvalue weighted by Gasteiger charge is 2.20. The van der Waals surface area contributed by atoms with Crippen LogP contribution in [0.3, 0.4) is 0 Å². The van der Waals surface area contributed by atoms with Crippen LogP contribution in [0.25, 0.3) is 6.08 Å². The molecule has 0 saturated heterocycles. The second kappa shape index (κ2) is 9.41. The molecule has 2 aromatic rings. The average molecular weight is 396 g/mol. The predicted octanol–water partition coefficient (Wildman–Crippen LogP) is 2.12. The van der Waals surface area contributed by atoms with Gasteiger partial charge in [0.2, 0.25) is 12.7 Å². The van der Waals surface area contributed by atoms with Gasteiger partial charge in [-0.15, -0.1) is 0 Å². The van der Waals surface area contributed by atoms with Crippen LogP contribution in [0.15, 0.2) is 54.6 Å². The number of nitrogens with one attached hydrogen (secondary N) is 2. The number of hydrogen-bond donors (Lipinski definition) is 2. The Kier molecular flexibility index (Phi) is 6.47. The van der Waals surface area contributed by atoms with Crippen molar-refractivity contribution in [2.45, 2.75) is 13.0 Å². The minimum Gasteiger partial charge on any atom is -0.454 e. The van der Waals surface area contributed by atoms with E-state index in [0.717, 1.165) is 5.56 Å². The first-order valence-electron chi connectivity index (χ1n) is 8.92. The fourth-order valence-corrected chi connectivity index (χ4v) is 2.46. The molecule has 29 heavy (non-hydrogen) atoms. The summed E-state index contributed by atoms with van der Waals surface area (Å²) in [6.07, 6.45) is 1.91. The number of carbonyl (C=O) groups is 3. The Morgan fingerprint density at radius 2 is 1.86 bits per heavy atom. The number of carbonyl (C=O) groups excluding carboxylic acids is 3. The highest BCUT2D eigenvalue weighted by atomic mass is 16.7. The number of rotatable bonds is 7. The third-order valence-corrected chi connectivity index (χ3v) is 3.95. The molecule has 8 heteroatoms. The molecule has 1 heterocycles. The van der Waals surface area contributed by atoms with Gasteiger partial charge in [0.15, 0.2) is 17.6 Å². The maximum Gasteiger partial charge on any atom is 0.326 e. The van der Waals surface area contributed by atoms with Crippen molar-refractivity contribution >= 4 is 29.5 Å². The smallest absolute Gasteiger partial charge is 0.326 e. The molecular weight excluding hydrogens is 376 g/mol. The zero-order valence-corrected chi connectivity index (χ0v) is 15.7. The van der Waals surface area contributed by atoms with Crippen LogP contribution in [0, 0.1) is 0 Å². The molecule has 150 valence electrons. The zero-order valence-electron chi connectivity index (χ0n) is 15.7. The Balaban J connectivity index is 1.42. The fourth-order valence-electron chi connectivity index (χ4n) is 2.46. The zero-order chi connectivity index (χ0) is 20.6. The molecule has 0 saturated carbocycles.